The molecule has 0 aromatic heterocycles. The largest absolute Gasteiger partial charge is 0.383 e. The van der Waals surface area contributed by atoms with Gasteiger partial charge in [-0.25, -0.2) is 0 Å². The van der Waals surface area contributed by atoms with E-state index < -0.39 is 16.3 Å². The zero-order valence-electron chi connectivity index (χ0n) is 9.77. The second-order valence-corrected chi connectivity index (χ2v) is 4.00. The van der Waals surface area contributed by atoms with Gasteiger partial charge < -0.3 is 9.80 Å². The minimum absolute atomic E-state index is 0.0666. The molecule has 0 fully saturated rings. The molecule has 1 aromatic carbocycles. The summed E-state index contributed by atoms with van der Waals surface area (Å²) >= 11 is 0. The summed E-state index contributed by atoms with van der Waals surface area (Å²) < 4.78 is 0. The number of nitrogens with zero attached hydrogens (tertiary/aromatic N) is 2. The van der Waals surface area contributed by atoms with Gasteiger partial charge in [0.15, 0.2) is 0 Å². The zero-order valence-corrected chi connectivity index (χ0v) is 9.77. The second kappa shape index (κ2) is 4.30. The average Bonchev–Trinajstić information content (AvgIpc) is 2.34. The summed E-state index contributed by atoms with van der Waals surface area (Å²) in [6.07, 6.45) is 2.75. The van der Waals surface area contributed by atoms with E-state index in [0.29, 0.717) is 0 Å². The van der Waals surface area contributed by atoms with E-state index in [0.717, 1.165) is 0 Å². The van der Waals surface area contributed by atoms with Crippen molar-refractivity contribution in [2.24, 2.45) is 0 Å². The van der Waals surface area contributed by atoms with Gasteiger partial charge in [-0.3, -0.25) is 14.4 Å². The van der Waals surface area contributed by atoms with Crippen molar-refractivity contribution < 1.29 is 0 Å². The van der Waals surface area contributed by atoms with Crippen LogP contribution in [-0.2, 0) is 0 Å². The molecule has 0 heterocycles. The Hall–Kier alpha value is -1.91. The van der Waals surface area contributed by atoms with Gasteiger partial charge in [-0.05, 0) is 0 Å². The Balaban J connectivity index is 3.82. The van der Waals surface area contributed by atoms with Gasteiger partial charge in [-0.1, -0.05) is 0 Å². The molecule has 0 bridgehead atoms. The third kappa shape index (κ3) is 2.18. The molecule has 1 aromatic rings. The smallest absolute Gasteiger partial charge is 0.239 e. The van der Waals surface area contributed by atoms with Crippen LogP contribution in [0.5, 0.6) is 0 Å². The molecule has 16 heavy (non-hydrogen) atoms. The van der Waals surface area contributed by atoms with Crippen LogP contribution in [0.15, 0.2) is 14.4 Å². The third-order valence-electron chi connectivity index (χ3n) is 1.96. The first-order valence-corrected chi connectivity index (χ1v) is 4.74. The molecule has 0 spiro atoms. The normalized spacial score (nSPS) is 13.2. The van der Waals surface area contributed by atoms with Crippen molar-refractivity contribution in [2.45, 2.75) is 0 Å². The quantitative estimate of drug-likeness (QED) is 0.507. The fourth-order valence-electron chi connectivity index (χ4n) is 1.35. The lowest BCUT2D eigenvalue weighted by Gasteiger charge is -2.01. The van der Waals surface area contributed by atoms with Gasteiger partial charge in [0.1, 0.15) is 0 Å². The SMILES string of the molecule is CN(C)/C=c1\c(=O)c(=O)/c(=C\N(C)C)c1=O. The molecule has 0 atom stereocenters. The van der Waals surface area contributed by atoms with Gasteiger partial charge in [-0.2, -0.15) is 0 Å². The molecule has 0 aliphatic heterocycles. The van der Waals surface area contributed by atoms with E-state index in [-0.39, 0.29) is 10.4 Å². The summed E-state index contributed by atoms with van der Waals surface area (Å²) in [4.78, 5) is 37.9. The molecular weight excluding hydrogens is 208 g/mol. The molecule has 0 radical (unpaired) electrons. The molecule has 0 aliphatic rings. The van der Waals surface area contributed by atoms with Crippen LogP contribution in [-0.4, -0.2) is 38.0 Å². The Morgan fingerprint density at radius 3 is 1.25 bits per heavy atom. The molecule has 1 rings (SSSR count). The number of hydrogen-bond donors (Lipinski definition) is 0. The van der Waals surface area contributed by atoms with E-state index in [1.807, 2.05) is 0 Å². The predicted molar refractivity (Wildman–Crippen MR) is 63.2 cm³/mol. The molecule has 0 amide bonds. The van der Waals surface area contributed by atoms with E-state index in [9.17, 15) is 14.4 Å². The van der Waals surface area contributed by atoms with Crippen molar-refractivity contribution >= 4 is 12.4 Å². The Morgan fingerprint density at radius 2 is 1.00 bits per heavy atom. The van der Waals surface area contributed by atoms with E-state index in [2.05, 4.69) is 0 Å². The Morgan fingerprint density at radius 1 is 0.688 bits per heavy atom. The number of hydrogen-bond acceptors (Lipinski definition) is 5. The summed E-state index contributed by atoms with van der Waals surface area (Å²) in [5.41, 5.74) is -1.96. The maximum absolute atomic E-state index is 11.8. The summed E-state index contributed by atoms with van der Waals surface area (Å²) in [7, 11) is 6.74. The van der Waals surface area contributed by atoms with Crippen molar-refractivity contribution in [2.75, 3.05) is 28.2 Å². The lowest BCUT2D eigenvalue weighted by molar-refractivity contribution is 0.612. The summed E-state index contributed by atoms with van der Waals surface area (Å²) in [6.45, 7) is 0. The first-order chi connectivity index (χ1) is 7.34. The minimum Gasteiger partial charge on any atom is -0.383 e. The van der Waals surface area contributed by atoms with E-state index in [1.165, 1.54) is 12.4 Å². The summed E-state index contributed by atoms with van der Waals surface area (Å²) in [5, 5.41) is -0.133. The van der Waals surface area contributed by atoms with Gasteiger partial charge in [0.05, 0.1) is 10.4 Å². The highest BCUT2D eigenvalue weighted by molar-refractivity contribution is 5.29. The van der Waals surface area contributed by atoms with Crippen molar-refractivity contribution in [3.8, 4) is 0 Å². The minimum atomic E-state index is -0.730. The predicted octanol–water partition coefficient (Wildman–Crippen LogP) is -2.76. The Kier molecular flexibility index (Phi) is 3.27. The third-order valence-corrected chi connectivity index (χ3v) is 1.96. The highest BCUT2D eigenvalue weighted by atomic mass is 16.2. The maximum Gasteiger partial charge on any atom is 0.239 e. The van der Waals surface area contributed by atoms with Crippen molar-refractivity contribution in [1.29, 1.82) is 0 Å². The number of rotatable bonds is 2. The van der Waals surface area contributed by atoms with Crippen LogP contribution < -0.4 is 26.7 Å². The van der Waals surface area contributed by atoms with Crippen LogP contribution in [0, 0.1) is 0 Å². The Bertz CT molecular complexity index is 580. The first kappa shape index (κ1) is 12.2. The van der Waals surface area contributed by atoms with Gasteiger partial charge in [0.2, 0.25) is 16.3 Å². The lowest BCUT2D eigenvalue weighted by atomic mass is 10.4. The van der Waals surface area contributed by atoms with E-state index >= 15 is 0 Å². The van der Waals surface area contributed by atoms with Crippen LogP contribution in [0.1, 0.15) is 0 Å². The van der Waals surface area contributed by atoms with Gasteiger partial charge in [-0.15, -0.1) is 0 Å². The monoisotopic (exact) mass is 222 g/mol. The molecule has 86 valence electrons. The second-order valence-electron chi connectivity index (χ2n) is 4.00. The van der Waals surface area contributed by atoms with Crippen molar-refractivity contribution in [3.05, 3.63) is 41.1 Å². The van der Waals surface area contributed by atoms with E-state index in [1.54, 1.807) is 38.0 Å². The van der Waals surface area contributed by atoms with Gasteiger partial charge >= 0.3 is 0 Å². The zero-order chi connectivity index (χ0) is 12.5. The van der Waals surface area contributed by atoms with Crippen molar-refractivity contribution in [1.82, 2.24) is 9.80 Å². The van der Waals surface area contributed by atoms with Crippen LogP contribution in [0.4, 0.5) is 0 Å². The fourth-order valence-corrected chi connectivity index (χ4v) is 1.35. The Labute approximate surface area is 92.2 Å². The van der Waals surface area contributed by atoms with Crippen LogP contribution in [0.2, 0.25) is 0 Å². The first-order valence-electron chi connectivity index (χ1n) is 4.74. The molecule has 0 unspecified atom stereocenters. The van der Waals surface area contributed by atoms with Crippen LogP contribution in [0.25, 0.3) is 12.4 Å². The van der Waals surface area contributed by atoms with Gasteiger partial charge in [0.25, 0.3) is 0 Å². The molecular formula is C11H14N2O3. The molecule has 0 saturated heterocycles. The van der Waals surface area contributed by atoms with E-state index in [4.69, 9.17) is 0 Å². The maximum atomic E-state index is 11.8. The summed E-state index contributed by atoms with van der Waals surface area (Å²) in [5.74, 6) is 0. The molecule has 5 heteroatoms. The van der Waals surface area contributed by atoms with Crippen LogP contribution >= 0.6 is 0 Å². The fraction of sp³-hybridized carbons (Fsp3) is 0.364. The molecule has 0 saturated carbocycles. The van der Waals surface area contributed by atoms with Crippen LogP contribution in [0.3, 0.4) is 0 Å². The highest BCUT2D eigenvalue weighted by Gasteiger charge is 2.08. The topological polar surface area (TPSA) is 57.7 Å². The summed E-state index contributed by atoms with van der Waals surface area (Å²) in [6, 6.07) is 0. The van der Waals surface area contributed by atoms with Crippen molar-refractivity contribution in [3.63, 3.8) is 0 Å². The molecule has 0 aliphatic carbocycles. The highest BCUT2D eigenvalue weighted by Crippen LogP contribution is 1.69. The molecule has 5 nitrogen and oxygen atoms in total. The lowest BCUT2D eigenvalue weighted by Crippen LogP contribution is -2.38. The average molecular weight is 222 g/mol. The van der Waals surface area contributed by atoms with Gasteiger partial charge in [0, 0.05) is 40.6 Å². The standard InChI is InChI=1S/C11H14N2O3/c1-12(2)5-7-9(14)8(6-13(3)4)11(16)10(7)15/h5-6H,1-4H3/b7-5-,8-6-. The molecule has 0 N–H and O–H groups in total.